The monoisotopic (exact) mass is 671 g/mol. The molecule has 0 rings (SSSR count). The normalized spacial score (nSPS) is 11.6. The number of unbranched alkanes of at least 4 members (excludes halogenated alkanes) is 28. The number of hydrogen-bond acceptors (Lipinski definition) is 6. The minimum atomic E-state index is -0.560. The summed E-state index contributed by atoms with van der Waals surface area (Å²) < 4.78 is 10.5. The second kappa shape index (κ2) is 42.9. The van der Waals surface area contributed by atoms with E-state index in [9.17, 15) is 9.59 Å². The Balaban J connectivity index is 0. The molecule has 6 heteroatoms. The number of esters is 2. The van der Waals surface area contributed by atoms with E-state index in [2.05, 4.69) is 13.8 Å². The molecule has 1 unspecified atom stereocenters. The van der Waals surface area contributed by atoms with Crippen molar-refractivity contribution in [1.29, 1.82) is 0 Å². The van der Waals surface area contributed by atoms with Gasteiger partial charge < -0.3 is 19.7 Å². The summed E-state index contributed by atoms with van der Waals surface area (Å²) >= 11 is 0. The third-order valence-corrected chi connectivity index (χ3v) is 8.84. The van der Waals surface area contributed by atoms with E-state index in [0.29, 0.717) is 12.8 Å². The zero-order valence-corrected chi connectivity index (χ0v) is 31.9. The van der Waals surface area contributed by atoms with E-state index in [1.54, 1.807) is 0 Å². The predicted octanol–water partition coefficient (Wildman–Crippen LogP) is 12.0. The van der Waals surface area contributed by atoms with Crippen LogP contribution in [0.2, 0.25) is 0 Å². The number of hydrogen-bond donors (Lipinski definition) is 2. The van der Waals surface area contributed by atoms with E-state index >= 15 is 0 Å². The summed E-state index contributed by atoms with van der Waals surface area (Å²) in [5.41, 5.74) is 0. The molecule has 0 aliphatic heterocycles. The molecule has 0 saturated heterocycles. The van der Waals surface area contributed by atoms with Crippen LogP contribution in [-0.2, 0) is 19.1 Å². The molecule has 0 aromatic carbocycles. The number of carbonyl (C=O) groups excluding carboxylic acids is 2. The lowest BCUT2D eigenvalue weighted by atomic mass is 10.0. The van der Waals surface area contributed by atoms with Crippen molar-refractivity contribution in [2.45, 2.75) is 232 Å². The first-order valence-corrected chi connectivity index (χ1v) is 20.6. The molecule has 0 heterocycles. The van der Waals surface area contributed by atoms with Crippen LogP contribution in [0.15, 0.2) is 0 Å². The molecule has 0 aliphatic rings. The number of carbonyl (C=O) groups is 2. The number of aliphatic hydroxyl groups excluding tert-OH is 2. The molecule has 0 spiro atoms. The van der Waals surface area contributed by atoms with Crippen LogP contribution in [0.25, 0.3) is 0 Å². The molecule has 0 aliphatic carbocycles. The van der Waals surface area contributed by atoms with E-state index in [-0.39, 0.29) is 31.8 Å². The molecule has 0 fully saturated rings. The Kier molecular flexibility index (Phi) is 43.8. The highest BCUT2D eigenvalue weighted by Gasteiger charge is 2.06. The molecule has 0 aromatic heterocycles. The average molecular weight is 671 g/mol. The molecule has 1 atom stereocenters. The second-order valence-corrected chi connectivity index (χ2v) is 13.9. The summed E-state index contributed by atoms with van der Waals surface area (Å²) in [7, 11) is 0. The van der Waals surface area contributed by atoms with Gasteiger partial charge in [0.25, 0.3) is 0 Å². The highest BCUT2D eigenvalue weighted by molar-refractivity contribution is 5.70. The van der Waals surface area contributed by atoms with Crippen LogP contribution in [-0.4, -0.2) is 48.1 Å². The maximum absolute atomic E-state index is 11.9. The largest absolute Gasteiger partial charge is 0.462 e. The van der Waals surface area contributed by atoms with Gasteiger partial charge in [-0.05, 0) is 19.8 Å². The molecule has 47 heavy (non-hydrogen) atoms. The van der Waals surface area contributed by atoms with Crippen molar-refractivity contribution >= 4 is 11.9 Å². The summed E-state index contributed by atoms with van der Waals surface area (Å²) in [6, 6.07) is 0. The van der Waals surface area contributed by atoms with Crippen molar-refractivity contribution in [3.63, 3.8) is 0 Å². The van der Waals surface area contributed by atoms with E-state index in [0.717, 1.165) is 25.7 Å². The molecule has 0 aromatic rings. The SMILES string of the molecule is CC(O)CO.CCCCCCCCCCCCCCCCCC(=O)OCCOC(=O)CCCCCCCCCCCCCCCCC. The molecule has 2 N–H and O–H groups in total. The number of ether oxygens (including phenoxy) is 2. The van der Waals surface area contributed by atoms with Gasteiger partial charge in [0, 0.05) is 12.8 Å². The van der Waals surface area contributed by atoms with Gasteiger partial charge in [-0.15, -0.1) is 0 Å². The highest BCUT2D eigenvalue weighted by atomic mass is 16.6. The molecule has 0 bridgehead atoms. The molecule has 0 radical (unpaired) electrons. The van der Waals surface area contributed by atoms with Gasteiger partial charge in [-0.2, -0.15) is 0 Å². The van der Waals surface area contributed by atoms with Crippen LogP contribution < -0.4 is 0 Å². The van der Waals surface area contributed by atoms with E-state index < -0.39 is 6.10 Å². The van der Waals surface area contributed by atoms with Gasteiger partial charge in [0.05, 0.1) is 12.7 Å². The fourth-order valence-electron chi connectivity index (χ4n) is 5.74. The average Bonchev–Trinajstić information content (AvgIpc) is 3.06. The Morgan fingerprint density at radius 3 is 0.809 bits per heavy atom. The number of aliphatic hydroxyl groups is 2. The fraction of sp³-hybridized carbons (Fsp3) is 0.951. The van der Waals surface area contributed by atoms with Crippen molar-refractivity contribution in [1.82, 2.24) is 0 Å². The van der Waals surface area contributed by atoms with E-state index in [1.165, 1.54) is 174 Å². The summed E-state index contributed by atoms with van der Waals surface area (Å²) in [5, 5.41) is 16.0. The summed E-state index contributed by atoms with van der Waals surface area (Å²) in [6.45, 7) is 6.31. The lowest BCUT2D eigenvalue weighted by molar-refractivity contribution is -0.152. The molecule has 0 saturated carbocycles. The van der Waals surface area contributed by atoms with Crippen molar-refractivity contribution in [3.05, 3.63) is 0 Å². The summed E-state index contributed by atoms with van der Waals surface area (Å²) in [4.78, 5) is 23.8. The van der Waals surface area contributed by atoms with Crippen LogP contribution in [0.1, 0.15) is 226 Å². The fourth-order valence-corrected chi connectivity index (χ4v) is 5.74. The first kappa shape index (κ1) is 48.0. The minimum Gasteiger partial charge on any atom is -0.462 e. The first-order chi connectivity index (χ1) is 23.0. The molecule has 6 nitrogen and oxygen atoms in total. The van der Waals surface area contributed by atoms with Crippen LogP contribution >= 0.6 is 0 Å². The molecule has 282 valence electrons. The highest BCUT2D eigenvalue weighted by Crippen LogP contribution is 2.15. The van der Waals surface area contributed by atoms with Crippen LogP contribution in [0, 0.1) is 0 Å². The second-order valence-electron chi connectivity index (χ2n) is 13.9. The van der Waals surface area contributed by atoms with Crippen molar-refractivity contribution in [2.75, 3.05) is 19.8 Å². The van der Waals surface area contributed by atoms with Gasteiger partial charge in [0.1, 0.15) is 13.2 Å². The van der Waals surface area contributed by atoms with Gasteiger partial charge in [0.15, 0.2) is 0 Å². The van der Waals surface area contributed by atoms with Crippen molar-refractivity contribution < 1.29 is 29.3 Å². The maximum atomic E-state index is 11.9. The summed E-state index contributed by atoms with van der Waals surface area (Å²) in [6.07, 6.45) is 40.0. The Hall–Kier alpha value is -1.14. The first-order valence-electron chi connectivity index (χ1n) is 20.6. The Bertz CT molecular complexity index is 561. The number of rotatable bonds is 36. The van der Waals surface area contributed by atoms with Gasteiger partial charge >= 0.3 is 11.9 Å². The van der Waals surface area contributed by atoms with Crippen LogP contribution in [0.3, 0.4) is 0 Å². The van der Waals surface area contributed by atoms with Gasteiger partial charge in [-0.1, -0.05) is 194 Å². The topological polar surface area (TPSA) is 93.1 Å². The Morgan fingerprint density at radius 1 is 0.426 bits per heavy atom. The third kappa shape index (κ3) is 47.0. The minimum absolute atomic E-state index is 0.139. The molecular formula is C41H82O6. The standard InChI is InChI=1S/C38H74O4.C3H8O2/c1-3-5-7-9-11-13-15-17-19-21-23-25-27-29-31-33-37(39)41-35-36-42-38(40)34-32-30-28-26-24-22-20-18-16-14-12-10-8-6-4-2;1-3(5)2-4/h3-36H2,1-2H3;3-5H,2H2,1H3. The van der Waals surface area contributed by atoms with Gasteiger partial charge in [0.2, 0.25) is 0 Å². The quantitative estimate of drug-likeness (QED) is 0.0509. The van der Waals surface area contributed by atoms with Crippen molar-refractivity contribution in [3.8, 4) is 0 Å². The Morgan fingerprint density at radius 2 is 0.617 bits per heavy atom. The van der Waals surface area contributed by atoms with Gasteiger partial charge in [-0.25, -0.2) is 0 Å². The third-order valence-electron chi connectivity index (χ3n) is 8.84. The zero-order valence-electron chi connectivity index (χ0n) is 31.9. The van der Waals surface area contributed by atoms with Crippen LogP contribution in [0.4, 0.5) is 0 Å². The smallest absolute Gasteiger partial charge is 0.305 e. The van der Waals surface area contributed by atoms with Crippen LogP contribution in [0.5, 0.6) is 0 Å². The van der Waals surface area contributed by atoms with E-state index in [1.807, 2.05) is 0 Å². The van der Waals surface area contributed by atoms with Gasteiger partial charge in [-0.3, -0.25) is 9.59 Å². The van der Waals surface area contributed by atoms with E-state index in [4.69, 9.17) is 19.7 Å². The predicted molar refractivity (Wildman–Crippen MR) is 200 cm³/mol. The lowest BCUT2D eigenvalue weighted by Gasteiger charge is -2.07. The molecule has 0 amide bonds. The lowest BCUT2D eigenvalue weighted by Crippen LogP contribution is -2.13. The zero-order chi connectivity index (χ0) is 34.9. The maximum Gasteiger partial charge on any atom is 0.305 e. The summed E-state index contributed by atoms with van der Waals surface area (Å²) in [5.74, 6) is -0.327. The Labute approximate surface area is 292 Å². The van der Waals surface area contributed by atoms with Crippen molar-refractivity contribution in [2.24, 2.45) is 0 Å². The molecular weight excluding hydrogens is 588 g/mol.